The maximum Gasteiger partial charge on any atom is 0.225 e. The third-order valence-corrected chi connectivity index (χ3v) is 3.24. The Hall–Kier alpha value is -1.95. The van der Waals surface area contributed by atoms with Gasteiger partial charge in [0, 0.05) is 31.9 Å². The molecule has 6 nitrogen and oxygen atoms in total. The molecule has 0 aliphatic carbocycles. The van der Waals surface area contributed by atoms with Crippen molar-refractivity contribution in [2.24, 2.45) is 0 Å². The highest BCUT2D eigenvalue weighted by atomic mass is 16.3. The van der Waals surface area contributed by atoms with Gasteiger partial charge in [0.15, 0.2) is 12.8 Å². The van der Waals surface area contributed by atoms with Crippen LogP contribution in [0.15, 0.2) is 18.5 Å². The molecule has 3 N–H and O–H groups in total. The zero-order valence-corrected chi connectivity index (χ0v) is 11.3. The van der Waals surface area contributed by atoms with E-state index in [0.717, 1.165) is 5.56 Å². The van der Waals surface area contributed by atoms with Gasteiger partial charge < -0.3 is 15.7 Å². The van der Waals surface area contributed by atoms with E-state index in [-0.39, 0.29) is 12.8 Å². The maximum absolute atomic E-state index is 9.04. The van der Waals surface area contributed by atoms with E-state index in [4.69, 9.17) is 10.8 Å². The fourth-order valence-electron chi connectivity index (χ4n) is 2.09. The van der Waals surface area contributed by atoms with E-state index in [9.17, 15) is 0 Å². The monoisotopic (exact) mass is 262 g/mol. The topological polar surface area (TPSA) is 78.3 Å². The van der Waals surface area contributed by atoms with Crippen molar-refractivity contribution in [3.05, 3.63) is 29.9 Å². The van der Waals surface area contributed by atoms with E-state index >= 15 is 0 Å². The van der Waals surface area contributed by atoms with Crippen LogP contribution in [0.3, 0.4) is 0 Å². The first kappa shape index (κ1) is 13.5. The quantitative estimate of drug-likeness (QED) is 0.753. The first-order chi connectivity index (χ1) is 9.11. The Morgan fingerprint density at radius 2 is 2.32 bits per heavy atom. The van der Waals surface area contributed by atoms with Gasteiger partial charge in [-0.25, -0.2) is 14.5 Å². The van der Waals surface area contributed by atoms with Gasteiger partial charge >= 0.3 is 0 Å². The molecule has 19 heavy (non-hydrogen) atoms. The summed E-state index contributed by atoms with van der Waals surface area (Å²) in [5.74, 6) is 1.20. The van der Waals surface area contributed by atoms with Crippen LogP contribution in [0.2, 0.25) is 0 Å². The summed E-state index contributed by atoms with van der Waals surface area (Å²) in [5.41, 5.74) is 6.82. The summed E-state index contributed by atoms with van der Waals surface area (Å²) in [6.45, 7) is 5.31. The maximum atomic E-state index is 9.04. The summed E-state index contributed by atoms with van der Waals surface area (Å²) in [6.07, 6.45) is 7.88. The van der Waals surface area contributed by atoms with Crippen molar-refractivity contribution >= 4 is 12.0 Å². The third-order valence-electron chi connectivity index (χ3n) is 3.24. The lowest BCUT2D eigenvalue weighted by Gasteiger charge is -2.26. The van der Waals surface area contributed by atoms with Crippen LogP contribution in [0.1, 0.15) is 18.3 Å². The van der Waals surface area contributed by atoms with Crippen molar-refractivity contribution < 1.29 is 9.68 Å². The number of aliphatic hydroxyl groups is 1. The number of aryl methyl sites for hydroxylation is 1. The molecule has 1 unspecified atom stereocenters. The lowest BCUT2D eigenvalue weighted by atomic mass is 10.2. The molecule has 1 aliphatic rings. The lowest BCUT2D eigenvalue weighted by molar-refractivity contribution is -0.596. The van der Waals surface area contributed by atoms with Gasteiger partial charge in [0.05, 0.1) is 12.2 Å². The van der Waals surface area contributed by atoms with Gasteiger partial charge in [0.2, 0.25) is 6.17 Å². The Morgan fingerprint density at radius 1 is 1.53 bits per heavy atom. The summed E-state index contributed by atoms with van der Waals surface area (Å²) < 4.78 is 2.14. The SMILES string of the molecule is Cc1ncc(C[N+]2=CC=CN(CCO)C2C)c(N)n1. The second kappa shape index (κ2) is 5.79. The van der Waals surface area contributed by atoms with E-state index in [1.165, 1.54) is 0 Å². The van der Waals surface area contributed by atoms with E-state index in [1.807, 2.05) is 25.4 Å². The highest BCUT2D eigenvalue weighted by Gasteiger charge is 2.24. The predicted molar refractivity (Wildman–Crippen MR) is 73.6 cm³/mol. The number of anilines is 1. The van der Waals surface area contributed by atoms with Gasteiger partial charge in [-0.15, -0.1) is 0 Å². The van der Waals surface area contributed by atoms with Gasteiger partial charge in [0.1, 0.15) is 11.6 Å². The number of hydrogen-bond acceptors (Lipinski definition) is 5. The molecule has 0 amide bonds. The largest absolute Gasteiger partial charge is 0.395 e. The second-order valence-corrected chi connectivity index (χ2v) is 4.58. The molecular formula is C13H20N5O+. The van der Waals surface area contributed by atoms with E-state index in [1.54, 1.807) is 6.20 Å². The van der Waals surface area contributed by atoms with Crippen LogP contribution in [0.4, 0.5) is 5.82 Å². The van der Waals surface area contributed by atoms with E-state index < -0.39 is 0 Å². The average molecular weight is 262 g/mol. The van der Waals surface area contributed by atoms with Gasteiger partial charge in [-0.05, 0) is 6.92 Å². The molecule has 2 heterocycles. The number of aliphatic hydroxyl groups excluding tert-OH is 1. The average Bonchev–Trinajstić information content (AvgIpc) is 2.37. The van der Waals surface area contributed by atoms with E-state index in [2.05, 4.69) is 26.4 Å². The zero-order valence-electron chi connectivity index (χ0n) is 11.3. The minimum absolute atomic E-state index is 0.137. The summed E-state index contributed by atoms with van der Waals surface area (Å²) in [4.78, 5) is 10.4. The molecule has 0 aromatic carbocycles. The van der Waals surface area contributed by atoms with Crippen molar-refractivity contribution in [1.29, 1.82) is 0 Å². The van der Waals surface area contributed by atoms with Crippen molar-refractivity contribution in [1.82, 2.24) is 14.9 Å². The Kier molecular flexibility index (Phi) is 4.11. The number of nitrogens with two attached hydrogens (primary N) is 1. The summed E-state index contributed by atoms with van der Waals surface area (Å²) >= 11 is 0. The molecule has 0 radical (unpaired) electrons. The number of nitrogen functional groups attached to an aromatic ring is 1. The van der Waals surface area contributed by atoms with Crippen LogP contribution < -0.4 is 5.73 Å². The molecule has 2 rings (SSSR count). The number of nitrogens with zero attached hydrogens (tertiary/aromatic N) is 4. The number of allylic oxidation sites excluding steroid dienone is 1. The van der Waals surface area contributed by atoms with E-state index in [0.29, 0.717) is 24.7 Å². The first-order valence-corrected chi connectivity index (χ1v) is 6.34. The van der Waals surface area contributed by atoms with Gasteiger partial charge in [-0.3, -0.25) is 0 Å². The molecule has 1 aromatic rings. The summed E-state index contributed by atoms with van der Waals surface area (Å²) in [6, 6.07) is 0. The van der Waals surface area contributed by atoms with Crippen molar-refractivity contribution in [2.45, 2.75) is 26.6 Å². The smallest absolute Gasteiger partial charge is 0.225 e. The third kappa shape index (κ3) is 3.08. The summed E-state index contributed by atoms with van der Waals surface area (Å²) in [7, 11) is 0. The van der Waals surface area contributed by atoms with Gasteiger partial charge in [-0.2, -0.15) is 0 Å². The Bertz CT molecular complexity index is 512. The standard InChI is InChI=1S/C13H20N5O/c1-10-15-8-12(13(14)16-10)9-18-5-3-4-17(6-7-19)11(18)2/h3-5,8,11,19H,6-7,9H2,1-2H3,(H2,14,15,16)/q+1. The molecular weight excluding hydrogens is 242 g/mol. The van der Waals surface area contributed by atoms with Crippen LogP contribution in [-0.2, 0) is 6.54 Å². The van der Waals surface area contributed by atoms with Gasteiger partial charge in [-0.1, -0.05) is 0 Å². The Labute approximate surface area is 112 Å². The van der Waals surface area contributed by atoms with Crippen LogP contribution in [-0.4, -0.2) is 50.1 Å². The molecule has 0 bridgehead atoms. The highest BCUT2D eigenvalue weighted by Crippen LogP contribution is 2.13. The molecule has 102 valence electrons. The number of hydrogen-bond donors (Lipinski definition) is 2. The Balaban J connectivity index is 2.14. The van der Waals surface area contributed by atoms with Gasteiger partial charge in [0.25, 0.3) is 0 Å². The normalized spacial score (nSPS) is 18.6. The second-order valence-electron chi connectivity index (χ2n) is 4.58. The Morgan fingerprint density at radius 3 is 3.00 bits per heavy atom. The van der Waals surface area contributed by atoms with Crippen molar-refractivity contribution in [2.75, 3.05) is 18.9 Å². The fraction of sp³-hybridized carbons (Fsp3) is 0.462. The highest BCUT2D eigenvalue weighted by molar-refractivity contribution is 5.66. The molecule has 1 atom stereocenters. The van der Waals surface area contributed by atoms with Crippen LogP contribution in [0, 0.1) is 6.92 Å². The number of rotatable bonds is 4. The fourth-order valence-corrected chi connectivity index (χ4v) is 2.09. The minimum atomic E-state index is 0.137. The molecule has 0 saturated heterocycles. The molecule has 6 heteroatoms. The lowest BCUT2D eigenvalue weighted by Crippen LogP contribution is -2.42. The molecule has 1 aliphatic heterocycles. The molecule has 0 saturated carbocycles. The molecule has 1 aromatic heterocycles. The van der Waals surface area contributed by atoms with Crippen LogP contribution >= 0.6 is 0 Å². The van der Waals surface area contributed by atoms with Crippen LogP contribution in [0.25, 0.3) is 0 Å². The van der Waals surface area contributed by atoms with Crippen LogP contribution in [0.5, 0.6) is 0 Å². The molecule has 0 spiro atoms. The number of β-amino-alcohol motifs (C(OH)–C–C–N with tert-alkyl or cyclic N) is 1. The zero-order chi connectivity index (χ0) is 13.8. The van der Waals surface area contributed by atoms with Crippen molar-refractivity contribution in [3.63, 3.8) is 0 Å². The molecule has 0 fully saturated rings. The minimum Gasteiger partial charge on any atom is -0.395 e. The summed E-state index contributed by atoms with van der Waals surface area (Å²) in [5, 5.41) is 9.04. The predicted octanol–water partition coefficient (Wildman–Crippen LogP) is 0.118. The first-order valence-electron chi connectivity index (χ1n) is 6.34. The number of aromatic nitrogens is 2. The van der Waals surface area contributed by atoms with Crippen molar-refractivity contribution in [3.8, 4) is 0 Å².